The Hall–Kier alpha value is -3.37. The maximum atomic E-state index is 12.5. The third kappa shape index (κ3) is 5.09. The van der Waals surface area contributed by atoms with Gasteiger partial charge in [0.15, 0.2) is 9.84 Å². The van der Waals surface area contributed by atoms with Gasteiger partial charge in [-0.15, -0.1) is 0 Å². The van der Waals surface area contributed by atoms with E-state index >= 15 is 0 Å². The van der Waals surface area contributed by atoms with Gasteiger partial charge in [-0.2, -0.15) is 5.10 Å². The van der Waals surface area contributed by atoms with Crippen LogP contribution in [-0.4, -0.2) is 57.0 Å². The summed E-state index contributed by atoms with van der Waals surface area (Å²) in [5.74, 6) is -0.763. The van der Waals surface area contributed by atoms with Crippen molar-refractivity contribution in [3.8, 4) is 22.6 Å². The number of aliphatic hydroxyl groups is 1. The average Bonchev–Trinajstić information content (AvgIpc) is 3.22. The smallest absolute Gasteiger partial charge is 0.255 e. The van der Waals surface area contributed by atoms with E-state index in [1.807, 2.05) is 0 Å². The first-order chi connectivity index (χ1) is 15.0. The first-order valence-corrected chi connectivity index (χ1v) is 11.7. The summed E-state index contributed by atoms with van der Waals surface area (Å²) in [7, 11) is -3.72. The van der Waals surface area contributed by atoms with Crippen molar-refractivity contribution in [2.45, 2.75) is 24.3 Å². The van der Waals surface area contributed by atoms with E-state index in [1.54, 1.807) is 36.5 Å². The highest BCUT2D eigenvalue weighted by Crippen LogP contribution is 2.29. The van der Waals surface area contributed by atoms with Crippen molar-refractivity contribution in [1.82, 2.24) is 15.1 Å². The van der Waals surface area contributed by atoms with Gasteiger partial charge in [-0.05, 0) is 36.8 Å². The van der Waals surface area contributed by atoms with Gasteiger partial charge >= 0.3 is 0 Å². The molecule has 1 aromatic heterocycles. The highest BCUT2D eigenvalue weighted by molar-refractivity contribution is 7.92. The minimum Gasteiger partial charge on any atom is -0.508 e. The minimum atomic E-state index is -3.72. The third-order valence-corrected chi connectivity index (χ3v) is 7.47. The van der Waals surface area contributed by atoms with Gasteiger partial charge in [0, 0.05) is 31.0 Å². The van der Waals surface area contributed by atoms with Gasteiger partial charge in [-0.25, -0.2) is 13.1 Å². The molecular formula is C22H25N3O6S. The summed E-state index contributed by atoms with van der Waals surface area (Å²) in [4.78, 5) is 12.4. The van der Waals surface area contributed by atoms with Crippen LogP contribution < -0.4 is 5.32 Å². The predicted molar refractivity (Wildman–Crippen MR) is 119 cm³/mol. The molecule has 0 aliphatic heterocycles. The molecule has 3 aromatic rings. The summed E-state index contributed by atoms with van der Waals surface area (Å²) in [6.45, 7) is 1.15. The van der Waals surface area contributed by atoms with Gasteiger partial charge < -0.3 is 20.6 Å². The van der Waals surface area contributed by atoms with Crippen molar-refractivity contribution in [2.75, 3.05) is 12.8 Å². The lowest BCUT2D eigenvalue weighted by molar-refractivity contribution is 0.0689. The van der Waals surface area contributed by atoms with E-state index < -0.39 is 26.7 Å². The molecule has 2 unspecified atom stereocenters. The van der Waals surface area contributed by atoms with Gasteiger partial charge in [-0.1, -0.05) is 24.3 Å². The number of para-hydroxylation sites is 1. The monoisotopic (exact) mass is 459 g/mol. The normalized spacial score (nSPS) is 14.5. The molecule has 0 saturated heterocycles. The quantitative estimate of drug-likeness (QED) is 0.404. The molecule has 170 valence electrons. The molecule has 0 aliphatic carbocycles. The second-order valence-corrected chi connectivity index (χ2v) is 10.4. The number of amides is 1. The fraction of sp³-hybridized carbons (Fsp3) is 0.273. The Bertz CT molecular complexity index is 1220. The molecule has 2 aromatic carbocycles. The maximum absolute atomic E-state index is 12.5. The van der Waals surface area contributed by atoms with Crippen LogP contribution in [0.3, 0.4) is 0 Å². The van der Waals surface area contributed by atoms with Crippen molar-refractivity contribution in [3.05, 3.63) is 66.5 Å². The van der Waals surface area contributed by atoms with Gasteiger partial charge in [0.25, 0.3) is 5.91 Å². The second kappa shape index (κ2) is 9.01. The van der Waals surface area contributed by atoms with Crippen LogP contribution in [0.4, 0.5) is 0 Å². The number of carbonyl (C=O) groups excluding carboxylic acids is 1. The van der Waals surface area contributed by atoms with Gasteiger partial charge in [0.1, 0.15) is 17.7 Å². The zero-order valence-corrected chi connectivity index (χ0v) is 18.5. The number of nitrogens with zero attached hydrogens (tertiary/aromatic N) is 2. The Kier molecular flexibility index (Phi) is 6.56. The van der Waals surface area contributed by atoms with Crippen LogP contribution in [0.15, 0.2) is 60.9 Å². The lowest BCUT2D eigenvalue weighted by Gasteiger charge is -2.30. The molecule has 0 saturated carbocycles. The molecule has 32 heavy (non-hydrogen) atoms. The molecule has 10 heteroatoms. The van der Waals surface area contributed by atoms with Crippen molar-refractivity contribution >= 4 is 15.7 Å². The number of nitrogens with one attached hydrogen (secondary N) is 1. The molecule has 0 spiro atoms. The summed E-state index contributed by atoms with van der Waals surface area (Å²) >= 11 is 0. The molecule has 2 atom stereocenters. The predicted octanol–water partition coefficient (Wildman–Crippen LogP) is 2.08. The SMILES string of the molecule is CC(CNC(=O)c1ccccc1O)(CC(O)n1cc(-c2cccc(O)c2)cn1)S(C)(=O)=O. The Morgan fingerprint density at radius 3 is 2.53 bits per heavy atom. The number of carbonyl (C=O) groups is 1. The summed E-state index contributed by atoms with van der Waals surface area (Å²) < 4.78 is 24.8. The number of benzene rings is 2. The number of phenolic OH excluding ortho intramolecular Hbond substituents is 2. The van der Waals surface area contributed by atoms with Crippen molar-refractivity contribution in [2.24, 2.45) is 0 Å². The number of aromatic hydroxyl groups is 2. The molecule has 0 aliphatic rings. The summed E-state index contributed by atoms with van der Waals surface area (Å²) in [6, 6.07) is 12.4. The van der Waals surface area contributed by atoms with E-state index in [9.17, 15) is 28.5 Å². The highest BCUT2D eigenvalue weighted by atomic mass is 32.2. The average molecular weight is 460 g/mol. The largest absolute Gasteiger partial charge is 0.508 e. The number of aromatic nitrogens is 2. The zero-order chi connectivity index (χ0) is 23.5. The molecular weight excluding hydrogens is 434 g/mol. The fourth-order valence-corrected chi connectivity index (χ4v) is 3.98. The number of hydrogen-bond acceptors (Lipinski definition) is 7. The second-order valence-electron chi connectivity index (χ2n) is 7.87. The standard InChI is InChI=1S/C22H25N3O6S/c1-22(32(2,30)31,14-23-21(29)18-8-3-4-9-19(18)27)11-20(28)25-13-16(12-24-25)15-6-5-7-17(26)10-15/h3-10,12-13,20,26-28H,11,14H2,1-2H3,(H,23,29). The number of sulfone groups is 1. The number of phenols is 2. The van der Waals surface area contributed by atoms with Crippen LogP contribution in [0.5, 0.6) is 11.5 Å². The highest BCUT2D eigenvalue weighted by Gasteiger charge is 2.39. The van der Waals surface area contributed by atoms with E-state index in [0.29, 0.717) is 11.1 Å². The Balaban J connectivity index is 1.77. The van der Waals surface area contributed by atoms with Gasteiger partial charge in [0.2, 0.25) is 0 Å². The van der Waals surface area contributed by atoms with E-state index in [0.717, 1.165) is 6.26 Å². The first-order valence-electron chi connectivity index (χ1n) is 9.77. The van der Waals surface area contributed by atoms with E-state index in [4.69, 9.17) is 0 Å². The van der Waals surface area contributed by atoms with Crippen molar-refractivity contribution in [1.29, 1.82) is 0 Å². The first kappa shape index (κ1) is 23.3. The van der Waals surface area contributed by atoms with Crippen LogP contribution in [0.25, 0.3) is 11.1 Å². The summed E-state index contributed by atoms with van der Waals surface area (Å²) in [5.41, 5.74) is 1.34. The van der Waals surface area contributed by atoms with Crippen LogP contribution in [0.1, 0.15) is 29.9 Å². The molecule has 1 heterocycles. The minimum absolute atomic E-state index is 0.0201. The van der Waals surface area contributed by atoms with Gasteiger partial charge in [-0.3, -0.25) is 4.79 Å². The molecule has 0 fully saturated rings. The van der Waals surface area contributed by atoms with Crippen LogP contribution in [-0.2, 0) is 9.84 Å². The van der Waals surface area contributed by atoms with E-state index in [2.05, 4.69) is 10.4 Å². The molecule has 4 N–H and O–H groups in total. The zero-order valence-electron chi connectivity index (χ0n) is 17.6. The maximum Gasteiger partial charge on any atom is 0.255 e. The number of aliphatic hydroxyl groups excluding tert-OH is 1. The Labute approximate surface area is 185 Å². The van der Waals surface area contributed by atoms with Gasteiger partial charge in [0.05, 0.1) is 16.5 Å². The van der Waals surface area contributed by atoms with Crippen molar-refractivity contribution in [3.63, 3.8) is 0 Å². The van der Waals surface area contributed by atoms with Crippen molar-refractivity contribution < 1.29 is 28.5 Å². The van der Waals surface area contributed by atoms with E-state index in [-0.39, 0.29) is 30.0 Å². The topological polar surface area (TPSA) is 142 Å². The van der Waals surface area contributed by atoms with Crippen LogP contribution in [0.2, 0.25) is 0 Å². The Morgan fingerprint density at radius 2 is 1.88 bits per heavy atom. The molecule has 3 rings (SSSR count). The third-order valence-electron chi connectivity index (χ3n) is 5.37. The van der Waals surface area contributed by atoms with E-state index in [1.165, 1.54) is 36.0 Å². The summed E-state index contributed by atoms with van der Waals surface area (Å²) in [5, 5.41) is 36.8. The lowest BCUT2D eigenvalue weighted by Crippen LogP contribution is -2.47. The lowest BCUT2D eigenvalue weighted by atomic mass is 10.1. The Morgan fingerprint density at radius 1 is 1.16 bits per heavy atom. The van der Waals surface area contributed by atoms with Crippen LogP contribution >= 0.6 is 0 Å². The number of hydrogen-bond donors (Lipinski definition) is 4. The molecule has 1 amide bonds. The molecule has 9 nitrogen and oxygen atoms in total. The van der Waals surface area contributed by atoms with Crippen LogP contribution in [0, 0.1) is 0 Å². The molecule has 0 radical (unpaired) electrons. The summed E-state index contributed by atoms with van der Waals surface area (Å²) in [6.07, 6.45) is 2.54. The molecule has 0 bridgehead atoms. The fourth-order valence-electron chi connectivity index (χ4n) is 3.20. The number of rotatable bonds is 8.